The Balaban J connectivity index is 0.000000195. The summed E-state index contributed by atoms with van der Waals surface area (Å²) in [5.74, 6) is 2.11. The minimum atomic E-state index is -0.470. The van der Waals surface area contributed by atoms with Gasteiger partial charge in [0.2, 0.25) is 0 Å². The van der Waals surface area contributed by atoms with Gasteiger partial charge in [0.1, 0.15) is 23.2 Å². The average Bonchev–Trinajstić information content (AvgIpc) is 3.23. The van der Waals surface area contributed by atoms with Crippen LogP contribution in [0.15, 0.2) is 93.3 Å². The van der Waals surface area contributed by atoms with Gasteiger partial charge in [-0.2, -0.15) is 0 Å². The van der Waals surface area contributed by atoms with E-state index in [0.29, 0.717) is 37.6 Å². The molecule has 5 aromatic heterocycles. The number of anilines is 2. The topological polar surface area (TPSA) is 217 Å². The minimum Gasteiger partial charge on any atom is -0.351 e. The number of carbonyl (C=O) groups excluding carboxylic acids is 4. The number of primary amides is 2. The Bertz CT molecular complexity index is 2350. The number of amides is 4. The summed E-state index contributed by atoms with van der Waals surface area (Å²) in [6, 6.07) is 9.22. The van der Waals surface area contributed by atoms with Gasteiger partial charge < -0.3 is 26.8 Å². The minimum absolute atomic E-state index is 0.0602. The number of Topliss-reactive ketones (excluding diaryl/α,β-unsaturated/α-hetero) is 2. The molecule has 17 heteroatoms. The molecule has 0 saturated carbocycles. The molecular formula is C45H53Br3N10O4. The summed E-state index contributed by atoms with van der Waals surface area (Å²) in [5.41, 5.74) is 23.5. The summed E-state index contributed by atoms with van der Waals surface area (Å²) < 4.78 is 2.87. The van der Waals surface area contributed by atoms with Crippen molar-refractivity contribution < 1.29 is 19.2 Å². The molecule has 0 bridgehead atoms. The van der Waals surface area contributed by atoms with Gasteiger partial charge in [0.15, 0.2) is 0 Å². The number of carbonyl (C=O) groups is 4. The van der Waals surface area contributed by atoms with Gasteiger partial charge in [0.25, 0.3) is 0 Å². The third-order valence-electron chi connectivity index (χ3n) is 9.95. The summed E-state index contributed by atoms with van der Waals surface area (Å²) in [6.07, 6.45) is 18.8. The average molecular weight is 1040 g/mol. The zero-order valence-corrected chi connectivity index (χ0v) is 40.3. The molecule has 2 aliphatic heterocycles. The van der Waals surface area contributed by atoms with Crippen molar-refractivity contribution in [2.45, 2.75) is 91.0 Å². The maximum atomic E-state index is 11.6. The molecule has 14 nitrogen and oxygen atoms in total. The van der Waals surface area contributed by atoms with E-state index in [4.69, 9.17) is 17.2 Å². The Morgan fingerprint density at radius 3 is 1.47 bits per heavy atom. The lowest BCUT2D eigenvalue weighted by Crippen LogP contribution is -2.40. The van der Waals surface area contributed by atoms with Crippen LogP contribution in [0.4, 0.5) is 21.2 Å². The molecule has 62 heavy (non-hydrogen) atoms. The number of hydrogen-bond donors (Lipinski definition) is 3. The number of aryl methyl sites for hydroxylation is 2. The van der Waals surface area contributed by atoms with Crippen LogP contribution < -0.4 is 27.0 Å². The monoisotopic (exact) mass is 1030 g/mol. The summed E-state index contributed by atoms with van der Waals surface area (Å²) in [7, 11) is 0. The number of nitrogens with two attached hydrogens (primary N) is 3. The molecule has 0 radical (unpaired) electrons. The van der Waals surface area contributed by atoms with Crippen LogP contribution in [-0.2, 0) is 22.4 Å². The van der Waals surface area contributed by atoms with Crippen molar-refractivity contribution in [1.82, 2.24) is 24.9 Å². The van der Waals surface area contributed by atoms with Crippen molar-refractivity contribution in [3.05, 3.63) is 121 Å². The Hall–Kier alpha value is -4.97. The van der Waals surface area contributed by atoms with Crippen LogP contribution in [0, 0.1) is 0 Å². The summed E-state index contributed by atoms with van der Waals surface area (Å²) in [6.45, 7) is 10.5. The van der Waals surface area contributed by atoms with Gasteiger partial charge in [-0.15, -0.1) is 0 Å². The summed E-state index contributed by atoms with van der Waals surface area (Å²) in [4.78, 5) is 68.9. The Labute approximate surface area is 388 Å². The molecule has 7 heterocycles. The molecular weight excluding hydrogens is 984 g/mol. The van der Waals surface area contributed by atoms with E-state index in [-0.39, 0.29) is 29.4 Å². The highest BCUT2D eigenvalue weighted by Crippen LogP contribution is 2.31. The summed E-state index contributed by atoms with van der Waals surface area (Å²) >= 11 is 10.0. The first-order valence-corrected chi connectivity index (χ1v) is 22.5. The number of pyridine rings is 5. The Morgan fingerprint density at radius 2 is 1.00 bits per heavy atom. The van der Waals surface area contributed by atoms with E-state index in [1.165, 1.54) is 9.80 Å². The van der Waals surface area contributed by atoms with Crippen molar-refractivity contribution in [3.63, 3.8) is 0 Å². The van der Waals surface area contributed by atoms with Crippen molar-refractivity contribution in [1.29, 1.82) is 0 Å². The zero-order chi connectivity index (χ0) is 45.5. The number of rotatable bonds is 8. The van der Waals surface area contributed by atoms with E-state index in [1.54, 1.807) is 63.4 Å². The standard InChI is InChI=1S/C19H22N4O2.C10H12BrNO.C9H10BrN3O.C7H9BrN2/c1-12(6-13(2)24)15-8-16(10-21-9-15)17-7-14-4-3-5-23(19(20)25)18(14)22-11-17;1-7(3-8(2)13)9-4-10(11)6-12-5-9;10-7-4-6-2-1-3-13(9(11)14)8(6)12-5-7;1-5(9)6-2-7(8)4-10-3-6/h7-12H,3-6H2,1-2H3,(H2,20,25);4-7H,3H2,1-2H3;4-5H,1-3H2,(H2,11,14);2-5H,9H2,1H3/t12-;7-;;5-/m00.1/s1. The van der Waals surface area contributed by atoms with Crippen LogP contribution in [0.5, 0.6) is 0 Å². The smallest absolute Gasteiger partial charge is 0.320 e. The lowest BCUT2D eigenvalue weighted by Gasteiger charge is -2.27. The van der Waals surface area contributed by atoms with E-state index in [2.05, 4.69) is 78.8 Å². The number of aromatic nitrogens is 5. The molecule has 0 fully saturated rings. The molecule has 6 N–H and O–H groups in total. The Kier molecular flexibility index (Phi) is 19.3. The van der Waals surface area contributed by atoms with E-state index in [1.807, 2.05) is 45.0 Å². The fourth-order valence-electron chi connectivity index (χ4n) is 6.84. The number of fused-ring (bicyclic) bond motifs is 2. The van der Waals surface area contributed by atoms with Crippen molar-refractivity contribution >= 4 is 83.1 Å². The first kappa shape index (κ1) is 49.7. The van der Waals surface area contributed by atoms with Crippen LogP contribution >= 0.6 is 47.8 Å². The van der Waals surface area contributed by atoms with Gasteiger partial charge in [-0.25, -0.2) is 19.6 Å². The van der Waals surface area contributed by atoms with Gasteiger partial charge in [0.05, 0.1) is 0 Å². The second kappa shape index (κ2) is 24.0. The molecule has 5 aromatic rings. The number of halogens is 3. The lowest BCUT2D eigenvalue weighted by atomic mass is 9.94. The summed E-state index contributed by atoms with van der Waals surface area (Å²) in [5, 5.41) is 0. The molecule has 0 spiro atoms. The quantitative estimate of drug-likeness (QED) is 0.134. The van der Waals surface area contributed by atoms with E-state index in [9.17, 15) is 19.2 Å². The Morgan fingerprint density at radius 1 is 0.581 bits per heavy atom. The molecule has 0 saturated heterocycles. The van der Waals surface area contributed by atoms with E-state index >= 15 is 0 Å². The number of hydrogen-bond acceptors (Lipinski definition) is 10. The van der Waals surface area contributed by atoms with Gasteiger partial charge in [-0.05, 0) is 164 Å². The highest BCUT2D eigenvalue weighted by molar-refractivity contribution is 9.11. The lowest BCUT2D eigenvalue weighted by molar-refractivity contribution is -0.118. The molecule has 0 aliphatic carbocycles. The molecule has 7 rings (SSSR count). The molecule has 4 amide bonds. The van der Waals surface area contributed by atoms with E-state index in [0.717, 1.165) is 78.0 Å². The number of urea groups is 2. The molecule has 2 aliphatic rings. The first-order chi connectivity index (χ1) is 29.4. The normalized spacial score (nSPS) is 14.1. The molecule has 3 atom stereocenters. The molecule has 0 unspecified atom stereocenters. The van der Waals surface area contributed by atoms with Crippen LogP contribution in [0.25, 0.3) is 11.1 Å². The maximum Gasteiger partial charge on any atom is 0.320 e. The van der Waals surface area contributed by atoms with Crippen molar-refractivity contribution in [2.24, 2.45) is 17.2 Å². The van der Waals surface area contributed by atoms with Gasteiger partial charge in [0, 0.05) is 106 Å². The van der Waals surface area contributed by atoms with Crippen LogP contribution in [0.1, 0.15) is 106 Å². The maximum absolute atomic E-state index is 11.6. The largest absolute Gasteiger partial charge is 0.351 e. The second-order valence-electron chi connectivity index (χ2n) is 15.3. The molecule has 0 aromatic carbocycles. The van der Waals surface area contributed by atoms with Crippen LogP contribution in [0.3, 0.4) is 0 Å². The second-order valence-corrected chi connectivity index (χ2v) is 18.1. The van der Waals surface area contributed by atoms with Crippen LogP contribution in [0.2, 0.25) is 0 Å². The fourth-order valence-corrected chi connectivity index (χ4v) is 7.99. The third-order valence-corrected chi connectivity index (χ3v) is 11.2. The predicted molar refractivity (Wildman–Crippen MR) is 254 cm³/mol. The van der Waals surface area contributed by atoms with Crippen LogP contribution in [-0.4, -0.2) is 61.6 Å². The van der Waals surface area contributed by atoms with Crippen molar-refractivity contribution in [2.75, 3.05) is 22.9 Å². The van der Waals surface area contributed by atoms with Crippen molar-refractivity contribution in [3.8, 4) is 11.1 Å². The highest BCUT2D eigenvalue weighted by atomic mass is 79.9. The third kappa shape index (κ3) is 15.1. The SMILES string of the molecule is CC(=O)C[C@H](C)c1cncc(-c2cnc3c(c2)CCCN3C(N)=O)c1.CC(=O)C[C@H](C)c1cncc(Br)c1.C[C@@H](N)c1cncc(Br)c1.NC(=O)N1CCCc2cc(Br)cnc21. The van der Waals surface area contributed by atoms with Gasteiger partial charge in [-0.3, -0.25) is 24.8 Å². The predicted octanol–water partition coefficient (Wildman–Crippen LogP) is 9.52. The number of nitrogens with zero attached hydrogens (tertiary/aromatic N) is 7. The zero-order valence-electron chi connectivity index (χ0n) is 35.5. The highest BCUT2D eigenvalue weighted by Gasteiger charge is 2.23. The van der Waals surface area contributed by atoms with E-state index < -0.39 is 12.1 Å². The number of ketones is 2. The van der Waals surface area contributed by atoms with Gasteiger partial charge in [-0.1, -0.05) is 13.8 Å². The fraction of sp³-hybridized carbons (Fsp3) is 0.356. The van der Waals surface area contributed by atoms with Gasteiger partial charge >= 0.3 is 12.1 Å². The molecule has 328 valence electrons. The first-order valence-electron chi connectivity index (χ1n) is 20.1.